The third-order valence-electron chi connectivity index (χ3n) is 3.22. The van der Waals surface area contributed by atoms with Crippen molar-refractivity contribution in [3.05, 3.63) is 43.8 Å². The highest BCUT2D eigenvalue weighted by Crippen LogP contribution is 2.41. The molecular weight excluding hydrogens is 264 g/mol. The molecule has 0 radical (unpaired) electrons. The Labute approximate surface area is 114 Å². The molecule has 2 aromatic heterocycles. The lowest BCUT2D eigenvalue weighted by Crippen LogP contribution is -1.89. The molecular formula is C14H14S3. The van der Waals surface area contributed by atoms with Crippen molar-refractivity contribution >= 4 is 45.6 Å². The highest BCUT2D eigenvalue weighted by molar-refractivity contribution is 8.00. The summed E-state index contributed by atoms with van der Waals surface area (Å²) in [6.07, 6.45) is 0. The Morgan fingerprint density at radius 1 is 0.824 bits per heavy atom. The van der Waals surface area contributed by atoms with Crippen molar-refractivity contribution in [1.82, 2.24) is 0 Å². The summed E-state index contributed by atoms with van der Waals surface area (Å²) in [4.78, 5) is 2.90. The average Bonchev–Trinajstić information content (AvgIpc) is 2.97. The molecule has 88 valence electrons. The van der Waals surface area contributed by atoms with Crippen LogP contribution < -0.4 is 0 Å². The zero-order valence-electron chi connectivity index (χ0n) is 9.95. The van der Waals surface area contributed by atoms with Crippen LogP contribution in [0.4, 0.5) is 0 Å². The predicted molar refractivity (Wildman–Crippen MR) is 82.3 cm³/mol. The van der Waals surface area contributed by atoms with E-state index in [2.05, 4.69) is 36.7 Å². The Kier molecular flexibility index (Phi) is 3.16. The van der Waals surface area contributed by atoms with Crippen LogP contribution in [0.1, 0.15) is 20.9 Å². The first-order valence-corrected chi connectivity index (χ1v) is 8.57. The monoisotopic (exact) mass is 278 g/mol. The van der Waals surface area contributed by atoms with Gasteiger partial charge in [-0.05, 0) is 59.0 Å². The molecule has 0 saturated carbocycles. The molecule has 0 atom stereocenters. The second-order valence-electron chi connectivity index (χ2n) is 4.23. The van der Waals surface area contributed by atoms with Gasteiger partial charge in [-0.1, -0.05) is 0 Å². The molecule has 0 unspecified atom stereocenters. The van der Waals surface area contributed by atoms with Crippen LogP contribution in [0.15, 0.2) is 22.9 Å². The first-order valence-electron chi connectivity index (χ1n) is 5.66. The van der Waals surface area contributed by atoms with Crippen molar-refractivity contribution in [3.8, 4) is 0 Å². The Morgan fingerprint density at radius 2 is 1.29 bits per heavy atom. The number of aryl methyl sites for hydroxylation is 2. The lowest BCUT2D eigenvalue weighted by atomic mass is 9.98. The molecule has 2 aromatic rings. The van der Waals surface area contributed by atoms with E-state index >= 15 is 0 Å². The highest BCUT2D eigenvalue weighted by atomic mass is 32.2. The first kappa shape index (κ1) is 11.6. The first-order chi connectivity index (χ1) is 8.27. The number of hydrogen-bond donors (Lipinski definition) is 0. The van der Waals surface area contributed by atoms with Crippen LogP contribution in [0.5, 0.6) is 0 Å². The van der Waals surface area contributed by atoms with Gasteiger partial charge < -0.3 is 0 Å². The van der Waals surface area contributed by atoms with Crippen LogP contribution in [-0.4, -0.2) is 11.5 Å². The number of thiophene rings is 2. The minimum Gasteiger partial charge on any atom is -0.152 e. The molecule has 0 fully saturated rings. The largest absolute Gasteiger partial charge is 0.152 e. The smallest absolute Gasteiger partial charge is 0.0197 e. The lowest BCUT2D eigenvalue weighted by molar-refractivity contribution is 1.51. The van der Waals surface area contributed by atoms with Gasteiger partial charge in [0.15, 0.2) is 0 Å². The fraction of sp³-hybridized carbons (Fsp3) is 0.286. The van der Waals surface area contributed by atoms with Gasteiger partial charge in [0.25, 0.3) is 0 Å². The van der Waals surface area contributed by atoms with Crippen molar-refractivity contribution in [1.29, 1.82) is 0 Å². The van der Waals surface area contributed by atoms with Gasteiger partial charge in [-0.25, -0.2) is 0 Å². The summed E-state index contributed by atoms with van der Waals surface area (Å²) < 4.78 is 0. The summed E-state index contributed by atoms with van der Waals surface area (Å²) in [6, 6.07) is 4.56. The Balaban J connectivity index is 2.14. The molecule has 0 N–H and O–H groups in total. The summed E-state index contributed by atoms with van der Waals surface area (Å²) >= 11 is 5.75. The maximum absolute atomic E-state index is 2.28. The fourth-order valence-corrected chi connectivity index (χ4v) is 4.93. The van der Waals surface area contributed by atoms with Crippen LogP contribution in [0.2, 0.25) is 0 Å². The maximum Gasteiger partial charge on any atom is 0.0197 e. The average molecular weight is 278 g/mol. The van der Waals surface area contributed by atoms with Gasteiger partial charge in [0, 0.05) is 21.3 Å². The molecule has 0 spiro atoms. The van der Waals surface area contributed by atoms with Crippen molar-refractivity contribution in [2.24, 2.45) is 0 Å². The molecule has 1 aliphatic heterocycles. The Hall–Kier alpha value is -0.510. The molecule has 0 saturated heterocycles. The second kappa shape index (κ2) is 4.63. The van der Waals surface area contributed by atoms with Gasteiger partial charge in [-0.2, -0.15) is 11.8 Å². The predicted octanol–water partition coefficient (Wildman–Crippen LogP) is 5.08. The zero-order chi connectivity index (χ0) is 11.8. The van der Waals surface area contributed by atoms with Gasteiger partial charge in [-0.3, -0.25) is 0 Å². The topological polar surface area (TPSA) is 0 Å². The molecule has 0 aromatic carbocycles. The highest BCUT2D eigenvalue weighted by Gasteiger charge is 2.21. The van der Waals surface area contributed by atoms with Crippen LogP contribution in [0, 0.1) is 13.8 Å². The molecule has 0 aliphatic carbocycles. The lowest BCUT2D eigenvalue weighted by Gasteiger charge is -2.06. The number of hydrogen-bond acceptors (Lipinski definition) is 3. The van der Waals surface area contributed by atoms with Crippen LogP contribution in [-0.2, 0) is 0 Å². The Bertz CT molecular complexity index is 522. The molecule has 0 amide bonds. The fourth-order valence-electron chi connectivity index (χ4n) is 2.31. The standard InChI is InChI=1S/C14H14S3/c1-9-11(3-5-16-9)13-7-15-8-14(13)12-4-6-17-10(12)2/h3-6H,7-8H2,1-2H3. The van der Waals surface area contributed by atoms with Crippen molar-refractivity contribution in [2.45, 2.75) is 13.8 Å². The van der Waals surface area contributed by atoms with Crippen LogP contribution >= 0.6 is 34.4 Å². The maximum atomic E-state index is 2.28. The molecule has 0 bridgehead atoms. The van der Waals surface area contributed by atoms with Gasteiger partial charge >= 0.3 is 0 Å². The molecule has 3 rings (SSSR count). The quantitative estimate of drug-likeness (QED) is 0.738. The van der Waals surface area contributed by atoms with E-state index in [0.717, 1.165) is 0 Å². The van der Waals surface area contributed by atoms with Gasteiger partial charge in [-0.15, -0.1) is 22.7 Å². The summed E-state index contributed by atoms with van der Waals surface area (Å²) in [5.74, 6) is 2.34. The van der Waals surface area contributed by atoms with Gasteiger partial charge in [0.05, 0.1) is 0 Å². The van der Waals surface area contributed by atoms with E-state index in [0.29, 0.717) is 0 Å². The third-order valence-corrected chi connectivity index (χ3v) is 5.90. The summed E-state index contributed by atoms with van der Waals surface area (Å²) in [5, 5.41) is 4.41. The van der Waals surface area contributed by atoms with E-state index in [1.807, 2.05) is 34.4 Å². The summed E-state index contributed by atoms with van der Waals surface area (Å²) in [5.41, 5.74) is 6.08. The number of thioether (sulfide) groups is 1. The minimum atomic E-state index is 1.17. The molecule has 1 aliphatic rings. The SMILES string of the molecule is Cc1sccc1C1=C(c2ccsc2C)CSC1. The van der Waals surface area contributed by atoms with Crippen LogP contribution in [0.3, 0.4) is 0 Å². The Morgan fingerprint density at radius 3 is 1.65 bits per heavy atom. The van der Waals surface area contributed by atoms with Crippen molar-refractivity contribution < 1.29 is 0 Å². The normalized spacial score (nSPS) is 15.9. The van der Waals surface area contributed by atoms with Crippen molar-refractivity contribution in [2.75, 3.05) is 11.5 Å². The van der Waals surface area contributed by atoms with Crippen LogP contribution in [0.25, 0.3) is 11.1 Å². The molecule has 17 heavy (non-hydrogen) atoms. The molecule has 3 heteroatoms. The number of rotatable bonds is 2. The van der Waals surface area contributed by atoms with E-state index in [4.69, 9.17) is 0 Å². The summed E-state index contributed by atoms with van der Waals surface area (Å²) in [6.45, 7) is 4.46. The second-order valence-corrected chi connectivity index (χ2v) is 7.46. The van der Waals surface area contributed by atoms with Gasteiger partial charge in [0.2, 0.25) is 0 Å². The zero-order valence-corrected chi connectivity index (χ0v) is 12.4. The van der Waals surface area contributed by atoms with E-state index in [1.54, 1.807) is 11.1 Å². The summed E-state index contributed by atoms with van der Waals surface area (Å²) in [7, 11) is 0. The van der Waals surface area contributed by atoms with E-state index in [1.165, 1.54) is 32.4 Å². The molecule has 3 heterocycles. The van der Waals surface area contributed by atoms with Crippen molar-refractivity contribution in [3.63, 3.8) is 0 Å². The van der Waals surface area contributed by atoms with E-state index in [9.17, 15) is 0 Å². The molecule has 0 nitrogen and oxygen atoms in total. The van der Waals surface area contributed by atoms with E-state index < -0.39 is 0 Å². The minimum absolute atomic E-state index is 1.17. The van der Waals surface area contributed by atoms with E-state index in [-0.39, 0.29) is 0 Å². The van der Waals surface area contributed by atoms with Gasteiger partial charge in [0.1, 0.15) is 0 Å². The third kappa shape index (κ3) is 2.01.